The first kappa shape index (κ1) is 20.4. The number of carbonyl (C=O) groups is 1. The predicted octanol–water partition coefficient (Wildman–Crippen LogP) is 4.01. The normalized spacial score (nSPS) is 13.9. The van der Waals surface area contributed by atoms with E-state index in [0.29, 0.717) is 42.5 Å². The van der Waals surface area contributed by atoms with Crippen LogP contribution in [-0.4, -0.2) is 55.4 Å². The van der Waals surface area contributed by atoms with Gasteiger partial charge in [0.1, 0.15) is 28.3 Å². The molecule has 0 radical (unpaired) electrons. The Morgan fingerprint density at radius 2 is 2.16 bits per heavy atom. The third kappa shape index (κ3) is 3.68. The molecule has 0 atom stereocenters. The highest BCUT2D eigenvalue weighted by Crippen LogP contribution is 2.39. The number of hydrogen-bond donors (Lipinski definition) is 2. The van der Waals surface area contributed by atoms with Crippen LogP contribution in [-0.2, 0) is 17.7 Å². The molecule has 0 fully saturated rings. The molecule has 166 valence electrons. The van der Waals surface area contributed by atoms with Crippen molar-refractivity contribution in [2.75, 3.05) is 19.0 Å². The average Bonchev–Trinajstić information content (AvgIpc) is 3.35. The molecule has 4 aromatic heterocycles. The van der Waals surface area contributed by atoms with Gasteiger partial charge in [0.05, 0.1) is 25.2 Å². The Labute approximate surface area is 188 Å². The van der Waals surface area contributed by atoms with Crippen molar-refractivity contribution in [3.8, 4) is 5.88 Å². The fourth-order valence-corrected chi connectivity index (χ4v) is 4.94. The molecule has 4 aromatic rings. The molecule has 10 nitrogen and oxygen atoms in total. The van der Waals surface area contributed by atoms with Crippen LogP contribution in [0.4, 0.5) is 16.3 Å². The Balaban J connectivity index is 1.49. The fraction of sp³-hybridized carbons (Fsp3) is 0.381. The van der Waals surface area contributed by atoms with E-state index >= 15 is 0 Å². The number of rotatable bonds is 3. The summed E-state index contributed by atoms with van der Waals surface area (Å²) >= 11 is 1.58. The Kier molecular flexibility index (Phi) is 4.85. The summed E-state index contributed by atoms with van der Waals surface area (Å²) in [7, 11) is 1.57. The van der Waals surface area contributed by atoms with Gasteiger partial charge in [0.2, 0.25) is 5.88 Å². The van der Waals surface area contributed by atoms with E-state index in [1.807, 2.05) is 26.8 Å². The summed E-state index contributed by atoms with van der Waals surface area (Å²) in [5.41, 5.74) is 1.97. The molecule has 32 heavy (non-hydrogen) atoms. The number of H-pyrrole nitrogens is 1. The standard InChI is InChI=1S/C21H23N7O3S/c1-21(2,3)31-20(29)28-6-5-12-14(9-28)32-19-15(12)17(22-10-23-19)25-13-7-11-8-24-27-16(11)26-18(13)30-4/h7-8,10H,5-6,9H2,1-4H3,(H,22,23,25)(H,24,26,27). The molecule has 0 aromatic carbocycles. The molecule has 1 aliphatic heterocycles. The second kappa shape index (κ2) is 7.59. The highest BCUT2D eigenvalue weighted by Gasteiger charge is 2.29. The first-order valence-electron chi connectivity index (χ1n) is 10.2. The van der Waals surface area contributed by atoms with E-state index in [-0.39, 0.29) is 6.09 Å². The maximum atomic E-state index is 12.5. The summed E-state index contributed by atoms with van der Waals surface area (Å²) in [6, 6.07) is 1.92. The summed E-state index contributed by atoms with van der Waals surface area (Å²) in [5, 5.41) is 12.1. The highest BCUT2D eigenvalue weighted by atomic mass is 32.1. The van der Waals surface area contributed by atoms with Crippen molar-refractivity contribution in [2.45, 2.75) is 39.3 Å². The van der Waals surface area contributed by atoms with Crippen LogP contribution in [0.3, 0.4) is 0 Å². The van der Waals surface area contributed by atoms with Crippen molar-refractivity contribution in [1.82, 2.24) is 30.0 Å². The van der Waals surface area contributed by atoms with E-state index in [0.717, 1.165) is 26.0 Å². The lowest BCUT2D eigenvalue weighted by Gasteiger charge is -2.30. The van der Waals surface area contributed by atoms with Crippen LogP contribution >= 0.6 is 11.3 Å². The molecule has 1 aliphatic rings. The van der Waals surface area contributed by atoms with Crippen molar-refractivity contribution >= 4 is 50.2 Å². The number of aromatic amines is 1. The Morgan fingerprint density at radius 3 is 2.94 bits per heavy atom. The van der Waals surface area contributed by atoms with Gasteiger partial charge in [-0.1, -0.05) is 0 Å². The average molecular weight is 454 g/mol. The van der Waals surface area contributed by atoms with E-state index in [4.69, 9.17) is 9.47 Å². The van der Waals surface area contributed by atoms with Crippen LogP contribution < -0.4 is 10.1 Å². The monoisotopic (exact) mass is 453 g/mol. The van der Waals surface area contributed by atoms with Crippen LogP contribution in [0.25, 0.3) is 21.3 Å². The van der Waals surface area contributed by atoms with Crippen molar-refractivity contribution in [3.63, 3.8) is 0 Å². The number of thiophene rings is 1. The number of pyridine rings is 1. The second-order valence-corrected chi connectivity index (χ2v) is 9.62. The lowest BCUT2D eigenvalue weighted by atomic mass is 10.1. The Hall–Kier alpha value is -3.47. The summed E-state index contributed by atoms with van der Waals surface area (Å²) in [6.07, 6.45) is 3.65. The van der Waals surface area contributed by atoms with E-state index in [2.05, 4.69) is 30.5 Å². The lowest BCUT2D eigenvalue weighted by Crippen LogP contribution is -2.39. The van der Waals surface area contributed by atoms with Crippen LogP contribution in [0.5, 0.6) is 5.88 Å². The molecule has 0 unspecified atom stereocenters. The van der Waals surface area contributed by atoms with Gasteiger partial charge >= 0.3 is 6.09 Å². The van der Waals surface area contributed by atoms with Crippen molar-refractivity contribution in [3.05, 3.63) is 29.0 Å². The Morgan fingerprint density at radius 1 is 1.31 bits per heavy atom. The van der Waals surface area contributed by atoms with Crippen molar-refractivity contribution in [1.29, 1.82) is 0 Å². The number of anilines is 2. The first-order chi connectivity index (χ1) is 15.3. The maximum Gasteiger partial charge on any atom is 0.410 e. The molecule has 5 rings (SSSR count). The summed E-state index contributed by atoms with van der Waals surface area (Å²) in [4.78, 5) is 29.7. The van der Waals surface area contributed by atoms with E-state index in [1.54, 1.807) is 29.5 Å². The Bertz CT molecular complexity index is 1320. The summed E-state index contributed by atoms with van der Waals surface area (Å²) < 4.78 is 11.0. The first-order valence-corrected chi connectivity index (χ1v) is 11.0. The smallest absolute Gasteiger partial charge is 0.410 e. The molecule has 11 heteroatoms. The minimum absolute atomic E-state index is 0.297. The van der Waals surface area contributed by atoms with Gasteiger partial charge in [-0.15, -0.1) is 11.3 Å². The number of amides is 1. The van der Waals surface area contributed by atoms with Gasteiger partial charge in [0.25, 0.3) is 0 Å². The van der Waals surface area contributed by atoms with E-state index < -0.39 is 5.60 Å². The van der Waals surface area contributed by atoms with Crippen LogP contribution in [0.1, 0.15) is 31.2 Å². The predicted molar refractivity (Wildman–Crippen MR) is 121 cm³/mol. The van der Waals surface area contributed by atoms with Gasteiger partial charge < -0.3 is 19.7 Å². The molecule has 0 bridgehead atoms. The van der Waals surface area contributed by atoms with Crippen LogP contribution in [0, 0.1) is 0 Å². The van der Waals surface area contributed by atoms with Crippen molar-refractivity contribution < 1.29 is 14.3 Å². The van der Waals surface area contributed by atoms with E-state index in [9.17, 15) is 4.79 Å². The van der Waals surface area contributed by atoms with Gasteiger partial charge in [-0.05, 0) is 38.8 Å². The number of carbonyl (C=O) groups excluding carboxylic acids is 1. The van der Waals surface area contributed by atoms with Gasteiger partial charge in [-0.3, -0.25) is 5.10 Å². The molecule has 0 spiro atoms. The van der Waals surface area contributed by atoms with Gasteiger partial charge in [-0.2, -0.15) is 10.1 Å². The van der Waals surface area contributed by atoms with Gasteiger partial charge in [-0.25, -0.2) is 14.8 Å². The number of aromatic nitrogens is 5. The zero-order chi connectivity index (χ0) is 22.5. The number of nitrogens with zero attached hydrogens (tertiary/aromatic N) is 5. The van der Waals surface area contributed by atoms with Gasteiger partial charge in [0, 0.05) is 16.8 Å². The molecule has 2 N–H and O–H groups in total. The molecular formula is C21H23N7O3S. The molecule has 0 saturated carbocycles. The highest BCUT2D eigenvalue weighted by molar-refractivity contribution is 7.19. The van der Waals surface area contributed by atoms with Crippen molar-refractivity contribution in [2.24, 2.45) is 0 Å². The number of nitrogens with one attached hydrogen (secondary N) is 2. The molecule has 5 heterocycles. The lowest BCUT2D eigenvalue weighted by molar-refractivity contribution is 0.0227. The molecule has 0 aliphatic carbocycles. The number of hydrogen-bond acceptors (Lipinski definition) is 9. The quantitative estimate of drug-likeness (QED) is 0.478. The van der Waals surface area contributed by atoms with Crippen LogP contribution in [0.15, 0.2) is 18.6 Å². The third-order valence-electron chi connectivity index (χ3n) is 5.13. The maximum absolute atomic E-state index is 12.5. The minimum Gasteiger partial charge on any atom is -0.479 e. The topological polar surface area (TPSA) is 118 Å². The largest absolute Gasteiger partial charge is 0.479 e. The third-order valence-corrected chi connectivity index (χ3v) is 6.25. The molecular weight excluding hydrogens is 430 g/mol. The van der Waals surface area contributed by atoms with Crippen LogP contribution in [0.2, 0.25) is 0 Å². The zero-order valence-corrected chi connectivity index (χ0v) is 19.0. The summed E-state index contributed by atoms with van der Waals surface area (Å²) in [6.45, 7) is 6.69. The second-order valence-electron chi connectivity index (χ2n) is 8.54. The number of fused-ring (bicyclic) bond motifs is 4. The number of methoxy groups -OCH3 is 1. The van der Waals surface area contributed by atoms with E-state index in [1.165, 1.54) is 6.33 Å². The molecule has 1 amide bonds. The summed E-state index contributed by atoms with van der Waals surface area (Å²) in [5.74, 6) is 1.12. The number of ether oxygens (including phenoxy) is 2. The minimum atomic E-state index is -0.525. The zero-order valence-electron chi connectivity index (χ0n) is 18.2. The van der Waals surface area contributed by atoms with Gasteiger partial charge in [0.15, 0.2) is 5.65 Å². The fourth-order valence-electron chi connectivity index (χ4n) is 3.74. The SMILES string of the molecule is COc1nc2[nH]ncc2cc1Nc1ncnc2sc3c(c12)CCN(C(=O)OC(C)(C)C)C3. The molecule has 0 saturated heterocycles.